The third-order valence-electron chi connectivity index (χ3n) is 2.84. The van der Waals surface area contributed by atoms with Crippen molar-refractivity contribution in [3.05, 3.63) is 23.8 Å². The number of carboxylic acids is 1. The molecule has 0 radical (unpaired) electrons. The summed E-state index contributed by atoms with van der Waals surface area (Å²) in [6.07, 6.45) is 0. The number of benzene rings is 1. The van der Waals surface area contributed by atoms with E-state index in [9.17, 15) is 4.79 Å². The fraction of sp³-hybridized carbons (Fsp3) is 0.364. The minimum absolute atomic E-state index is 0.0940. The van der Waals surface area contributed by atoms with Gasteiger partial charge >= 0.3 is 5.97 Å². The van der Waals surface area contributed by atoms with E-state index in [0.29, 0.717) is 18.9 Å². The van der Waals surface area contributed by atoms with Gasteiger partial charge in [0, 0.05) is 13.6 Å². The second-order valence-electron chi connectivity index (χ2n) is 3.77. The Bertz CT molecular complexity index is 420. The van der Waals surface area contributed by atoms with Crippen LogP contribution in [0.25, 0.3) is 0 Å². The highest BCUT2D eigenvalue weighted by Gasteiger charge is 2.27. The number of likely N-dealkylation sites (N-methyl/N-ethyl adjacent to an activating group) is 1. The molecule has 5 heteroatoms. The predicted molar refractivity (Wildman–Crippen MR) is 60.1 cm³/mol. The molecule has 1 heterocycles. The van der Waals surface area contributed by atoms with Crippen LogP contribution in [0.5, 0.6) is 5.75 Å². The fourth-order valence-corrected chi connectivity index (χ4v) is 1.84. The van der Waals surface area contributed by atoms with Crippen LogP contribution in [-0.2, 0) is 0 Å². The van der Waals surface area contributed by atoms with E-state index < -0.39 is 5.97 Å². The number of anilines is 1. The van der Waals surface area contributed by atoms with Crippen LogP contribution in [0.2, 0.25) is 0 Å². The molecule has 16 heavy (non-hydrogen) atoms. The van der Waals surface area contributed by atoms with Gasteiger partial charge in [-0.1, -0.05) is 6.07 Å². The van der Waals surface area contributed by atoms with E-state index in [-0.39, 0.29) is 11.6 Å². The van der Waals surface area contributed by atoms with Gasteiger partial charge in [-0.15, -0.1) is 0 Å². The normalized spacial score (nSPS) is 18.9. The number of para-hydroxylation sites is 1. The summed E-state index contributed by atoms with van der Waals surface area (Å²) >= 11 is 0. The summed E-state index contributed by atoms with van der Waals surface area (Å²) < 4.78 is 5.49. The monoisotopic (exact) mass is 222 g/mol. The molecule has 1 aromatic carbocycles. The lowest BCUT2D eigenvalue weighted by Crippen LogP contribution is -2.45. The summed E-state index contributed by atoms with van der Waals surface area (Å²) in [4.78, 5) is 13.0. The molecule has 2 rings (SSSR count). The second-order valence-corrected chi connectivity index (χ2v) is 3.77. The summed E-state index contributed by atoms with van der Waals surface area (Å²) in [5.41, 5.74) is 6.58. The number of carboxylic acid groups (broad SMARTS) is 1. The van der Waals surface area contributed by atoms with Crippen LogP contribution >= 0.6 is 0 Å². The first-order chi connectivity index (χ1) is 7.65. The van der Waals surface area contributed by atoms with Crippen LogP contribution in [0, 0.1) is 0 Å². The quantitative estimate of drug-likeness (QED) is 0.763. The van der Waals surface area contributed by atoms with Gasteiger partial charge in [0.25, 0.3) is 0 Å². The molecule has 0 spiro atoms. The zero-order valence-corrected chi connectivity index (χ0v) is 9.01. The standard InChI is InChI=1S/C11H14N2O3/c1-13-7(5-12)6-16-10-8(11(14)15)3-2-4-9(10)13/h2-4,7H,5-6,12H2,1H3,(H,14,15). The summed E-state index contributed by atoms with van der Waals surface area (Å²) in [6.45, 7) is 0.900. The molecule has 0 bridgehead atoms. The SMILES string of the molecule is CN1c2cccc(C(=O)O)c2OCC1CN. The Hall–Kier alpha value is -1.75. The lowest BCUT2D eigenvalue weighted by Gasteiger charge is -2.35. The Morgan fingerprint density at radius 2 is 2.44 bits per heavy atom. The van der Waals surface area contributed by atoms with E-state index in [0.717, 1.165) is 5.69 Å². The van der Waals surface area contributed by atoms with Crippen LogP contribution < -0.4 is 15.4 Å². The molecule has 0 aromatic heterocycles. The summed E-state index contributed by atoms with van der Waals surface area (Å²) in [5, 5.41) is 9.03. The maximum atomic E-state index is 11.0. The van der Waals surface area contributed by atoms with Gasteiger partial charge in [0.05, 0.1) is 11.7 Å². The number of nitrogens with two attached hydrogens (primary N) is 1. The van der Waals surface area contributed by atoms with Crippen LogP contribution in [-0.4, -0.2) is 37.3 Å². The molecule has 0 saturated carbocycles. The van der Waals surface area contributed by atoms with E-state index in [1.807, 2.05) is 18.0 Å². The van der Waals surface area contributed by atoms with Crippen molar-refractivity contribution in [3.63, 3.8) is 0 Å². The first-order valence-corrected chi connectivity index (χ1v) is 5.07. The highest BCUT2D eigenvalue weighted by molar-refractivity contribution is 5.93. The number of fused-ring (bicyclic) bond motifs is 1. The largest absolute Gasteiger partial charge is 0.488 e. The van der Waals surface area contributed by atoms with Crippen molar-refractivity contribution in [1.82, 2.24) is 0 Å². The van der Waals surface area contributed by atoms with Gasteiger partial charge in [-0.25, -0.2) is 4.79 Å². The van der Waals surface area contributed by atoms with Crippen molar-refractivity contribution >= 4 is 11.7 Å². The Morgan fingerprint density at radius 1 is 1.69 bits per heavy atom. The molecule has 0 fully saturated rings. The molecule has 0 aliphatic carbocycles. The molecule has 1 aliphatic heterocycles. The topological polar surface area (TPSA) is 75.8 Å². The molecular formula is C11H14N2O3. The number of nitrogens with zero attached hydrogens (tertiary/aromatic N) is 1. The zero-order chi connectivity index (χ0) is 11.7. The molecule has 0 amide bonds. The average Bonchev–Trinajstić information content (AvgIpc) is 2.29. The number of rotatable bonds is 2. The number of hydrogen-bond acceptors (Lipinski definition) is 4. The molecule has 1 unspecified atom stereocenters. The minimum Gasteiger partial charge on any atom is -0.488 e. The predicted octanol–water partition coefficient (Wildman–Crippen LogP) is 0.541. The van der Waals surface area contributed by atoms with Gasteiger partial charge in [-0.05, 0) is 12.1 Å². The van der Waals surface area contributed by atoms with E-state index in [1.54, 1.807) is 6.07 Å². The van der Waals surface area contributed by atoms with Crippen LogP contribution in [0.1, 0.15) is 10.4 Å². The van der Waals surface area contributed by atoms with Crippen LogP contribution in [0.4, 0.5) is 5.69 Å². The van der Waals surface area contributed by atoms with E-state index in [2.05, 4.69) is 0 Å². The smallest absolute Gasteiger partial charge is 0.339 e. The first kappa shape index (κ1) is 10.8. The Labute approximate surface area is 93.4 Å². The first-order valence-electron chi connectivity index (χ1n) is 5.07. The zero-order valence-electron chi connectivity index (χ0n) is 9.01. The highest BCUT2D eigenvalue weighted by atomic mass is 16.5. The van der Waals surface area contributed by atoms with Crippen molar-refractivity contribution in [2.45, 2.75) is 6.04 Å². The molecule has 1 aliphatic rings. The van der Waals surface area contributed by atoms with Crippen molar-refractivity contribution in [3.8, 4) is 5.75 Å². The number of aromatic carboxylic acids is 1. The minimum atomic E-state index is -0.976. The van der Waals surface area contributed by atoms with Crippen LogP contribution in [0.3, 0.4) is 0 Å². The number of carbonyl (C=O) groups is 1. The van der Waals surface area contributed by atoms with Crippen molar-refractivity contribution in [2.75, 3.05) is 25.1 Å². The number of ether oxygens (including phenoxy) is 1. The number of hydrogen-bond donors (Lipinski definition) is 2. The van der Waals surface area contributed by atoms with Crippen LogP contribution in [0.15, 0.2) is 18.2 Å². The fourth-order valence-electron chi connectivity index (χ4n) is 1.84. The lowest BCUT2D eigenvalue weighted by atomic mass is 10.1. The third-order valence-corrected chi connectivity index (χ3v) is 2.84. The van der Waals surface area contributed by atoms with E-state index >= 15 is 0 Å². The van der Waals surface area contributed by atoms with Crippen molar-refractivity contribution in [2.24, 2.45) is 5.73 Å². The average molecular weight is 222 g/mol. The summed E-state index contributed by atoms with van der Waals surface area (Å²) in [7, 11) is 1.89. The second kappa shape index (κ2) is 4.02. The third kappa shape index (κ3) is 1.59. The molecule has 3 N–H and O–H groups in total. The van der Waals surface area contributed by atoms with E-state index in [4.69, 9.17) is 15.6 Å². The molecule has 5 nitrogen and oxygen atoms in total. The Kier molecular flexibility index (Phi) is 2.70. The highest BCUT2D eigenvalue weighted by Crippen LogP contribution is 2.35. The maximum absolute atomic E-state index is 11.0. The van der Waals surface area contributed by atoms with Crippen molar-refractivity contribution in [1.29, 1.82) is 0 Å². The van der Waals surface area contributed by atoms with E-state index in [1.165, 1.54) is 6.07 Å². The summed E-state index contributed by atoms with van der Waals surface area (Å²) in [6, 6.07) is 5.18. The lowest BCUT2D eigenvalue weighted by molar-refractivity contribution is 0.0691. The van der Waals surface area contributed by atoms with Gasteiger partial charge in [0.2, 0.25) is 0 Å². The van der Waals surface area contributed by atoms with Gasteiger partial charge in [-0.2, -0.15) is 0 Å². The molecule has 1 aromatic rings. The van der Waals surface area contributed by atoms with Crippen molar-refractivity contribution < 1.29 is 14.6 Å². The van der Waals surface area contributed by atoms with Gasteiger partial charge in [0.15, 0.2) is 5.75 Å². The molecular weight excluding hydrogens is 208 g/mol. The van der Waals surface area contributed by atoms with Gasteiger partial charge < -0.3 is 20.5 Å². The molecule has 1 atom stereocenters. The Morgan fingerprint density at radius 3 is 3.06 bits per heavy atom. The maximum Gasteiger partial charge on any atom is 0.339 e. The molecule has 86 valence electrons. The van der Waals surface area contributed by atoms with Gasteiger partial charge in [0.1, 0.15) is 12.2 Å². The van der Waals surface area contributed by atoms with Gasteiger partial charge in [-0.3, -0.25) is 0 Å². The summed E-state index contributed by atoms with van der Waals surface area (Å²) in [5.74, 6) is -0.543. The Balaban J connectivity index is 2.46. The molecule has 0 saturated heterocycles.